The first-order valence-electron chi connectivity index (χ1n) is 11.8. The molecule has 0 unspecified atom stereocenters. The summed E-state index contributed by atoms with van der Waals surface area (Å²) in [6.45, 7) is 0. The summed E-state index contributed by atoms with van der Waals surface area (Å²) in [5.41, 5.74) is 1.40. The molecule has 0 radical (unpaired) electrons. The van der Waals surface area contributed by atoms with Crippen LogP contribution in [0.2, 0.25) is 5.02 Å². The van der Waals surface area contributed by atoms with E-state index in [0.29, 0.717) is 22.0 Å². The highest BCUT2D eigenvalue weighted by atomic mass is 35.5. The number of hydrogen-bond acceptors (Lipinski definition) is 4. The van der Waals surface area contributed by atoms with Gasteiger partial charge in [-0.2, -0.15) is 0 Å². The predicted octanol–water partition coefficient (Wildman–Crippen LogP) is 6.62. The smallest absolute Gasteiger partial charge is 0.272 e. The number of benzene rings is 4. The molecule has 0 heterocycles. The van der Waals surface area contributed by atoms with Gasteiger partial charge in [-0.1, -0.05) is 60.1 Å². The van der Waals surface area contributed by atoms with Gasteiger partial charge in [0, 0.05) is 32.4 Å². The molecule has 6 nitrogen and oxygen atoms in total. The Balaban J connectivity index is 1.46. The molecule has 0 fully saturated rings. The maximum absolute atomic E-state index is 14.3. The Morgan fingerprint density at radius 3 is 2.23 bits per heavy atom. The Hall–Kier alpha value is -4.40. The number of nitrogens with one attached hydrogen (secondary N) is 3. The molecule has 0 aliphatic heterocycles. The molecule has 3 amide bonds. The van der Waals surface area contributed by atoms with Gasteiger partial charge in [-0.15, -0.1) is 11.8 Å². The molecule has 196 valence electrons. The van der Waals surface area contributed by atoms with Crippen LogP contribution >= 0.6 is 23.4 Å². The average Bonchev–Trinajstić information content (AvgIpc) is 2.93. The molecule has 39 heavy (non-hydrogen) atoms. The number of hydrogen-bond donors (Lipinski definition) is 3. The maximum atomic E-state index is 14.3. The molecule has 0 bridgehead atoms. The Labute approximate surface area is 234 Å². The molecule has 0 aromatic heterocycles. The van der Waals surface area contributed by atoms with Crippen LogP contribution in [0.1, 0.15) is 15.9 Å². The first-order valence-corrected chi connectivity index (χ1v) is 13.2. The summed E-state index contributed by atoms with van der Waals surface area (Å²) in [6.07, 6.45) is 1.28. The first-order chi connectivity index (χ1) is 18.9. The van der Waals surface area contributed by atoms with Crippen LogP contribution in [0.5, 0.6) is 0 Å². The highest BCUT2D eigenvalue weighted by Gasteiger charge is 2.16. The van der Waals surface area contributed by atoms with Crippen LogP contribution in [0.3, 0.4) is 0 Å². The van der Waals surface area contributed by atoms with Crippen molar-refractivity contribution in [3.63, 3.8) is 0 Å². The number of rotatable bonds is 9. The Kier molecular flexibility index (Phi) is 9.50. The predicted molar refractivity (Wildman–Crippen MR) is 154 cm³/mol. The SMILES string of the molecule is O=C(CSc1cccc(NC(=O)/C(=C/c2ccccc2F)NC(=O)c2ccccc2)c1)Nc1cccc(Cl)c1. The van der Waals surface area contributed by atoms with Crippen molar-refractivity contribution in [1.82, 2.24) is 5.32 Å². The monoisotopic (exact) mass is 559 g/mol. The summed E-state index contributed by atoms with van der Waals surface area (Å²) < 4.78 is 14.3. The molecule has 0 aliphatic carbocycles. The van der Waals surface area contributed by atoms with Crippen LogP contribution < -0.4 is 16.0 Å². The second kappa shape index (κ2) is 13.4. The van der Waals surface area contributed by atoms with Gasteiger partial charge in [0.05, 0.1) is 5.75 Å². The summed E-state index contributed by atoms with van der Waals surface area (Å²) in [5.74, 6) is -1.76. The van der Waals surface area contributed by atoms with Crippen LogP contribution in [0.4, 0.5) is 15.8 Å². The van der Waals surface area contributed by atoms with Crippen LogP contribution in [0, 0.1) is 5.82 Å². The summed E-state index contributed by atoms with van der Waals surface area (Å²) in [6, 6.07) is 28.1. The van der Waals surface area contributed by atoms with Crippen molar-refractivity contribution in [3.05, 3.63) is 131 Å². The third-order valence-corrected chi connectivity index (χ3v) is 6.53. The fourth-order valence-corrected chi connectivity index (χ4v) is 4.41. The summed E-state index contributed by atoms with van der Waals surface area (Å²) >= 11 is 7.24. The van der Waals surface area contributed by atoms with Crippen LogP contribution in [0.25, 0.3) is 6.08 Å². The van der Waals surface area contributed by atoms with E-state index < -0.39 is 17.6 Å². The van der Waals surface area contributed by atoms with Crippen molar-refractivity contribution in [1.29, 1.82) is 0 Å². The van der Waals surface area contributed by atoms with E-state index in [1.807, 2.05) is 0 Å². The molecule has 4 aromatic carbocycles. The number of carbonyl (C=O) groups excluding carboxylic acids is 3. The van der Waals surface area contributed by atoms with E-state index >= 15 is 0 Å². The summed E-state index contributed by atoms with van der Waals surface area (Å²) in [4.78, 5) is 39.1. The molecule has 9 heteroatoms. The van der Waals surface area contributed by atoms with Crippen molar-refractivity contribution in [3.8, 4) is 0 Å². The number of amides is 3. The largest absolute Gasteiger partial charge is 0.325 e. The Morgan fingerprint density at radius 2 is 1.49 bits per heavy atom. The van der Waals surface area contributed by atoms with E-state index in [9.17, 15) is 18.8 Å². The molecule has 0 saturated carbocycles. The van der Waals surface area contributed by atoms with Gasteiger partial charge >= 0.3 is 0 Å². The first kappa shape index (κ1) is 27.6. The number of carbonyl (C=O) groups is 3. The fourth-order valence-electron chi connectivity index (χ4n) is 3.46. The Morgan fingerprint density at radius 1 is 0.795 bits per heavy atom. The van der Waals surface area contributed by atoms with Crippen molar-refractivity contribution in [2.24, 2.45) is 0 Å². The van der Waals surface area contributed by atoms with Gasteiger partial charge in [0.25, 0.3) is 11.8 Å². The third kappa shape index (κ3) is 8.29. The molecule has 3 N–H and O–H groups in total. The number of thioether (sulfide) groups is 1. The van der Waals surface area contributed by atoms with Crippen LogP contribution in [-0.4, -0.2) is 23.5 Å². The molecular weight excluding hydrogens is 537 g/mol. The molecule has 0 saturated heterocycles. The Bertz CT molecular complexity index is 1530. The normalized spacial score (nSPS) is 11.0. The van der Waals surface area contributed by atoms with E-state index in [1.165, 1.54) is 36.0 Å². The molecule has 0 spiro atoms. The van der Waals surface area contributed by atoms with Crippen LogP contribution in [0.15, 0.2) is 114 Å². The van der Waals surface area contributed by atoms with E-state index in [-0.39, 0.29) is 22.9 Å². The van der Waals surface area contributed by atoms with Crippen molar-refractivity contribution in [2.75, 3.05) is 16.4 Å². The lowest BCUT2D eigenvalue weighted by molar-refractivity contribution is -0.114. The highest BCUT2D eigenvalue weighted by molar-refractivity contribution is 8.00. The van der Waals surface area contributed by atoms with Gasteiger partial charge in [-0.25, -0.2) is 4.39 Å². The second-order valence-electron chi connectivity index (χ2n) is 8.23. The quantitative estimate of drug-likeness (QED) is 0.159. The standard InChI is InChI=1S/C30H23ClFN3O3S/c31-22-11-6-12-23(17-22)33-28(36)19-39-25-14-7-13-24(18-25)34-30(38)27(16-21-10-4-5-15-26(21)32)35-29(37)20-8-2-1-3-9-20/h1-18H,19H2,(H,33,36)(H,34,38)(H,35,37)/b27-16-. The van der Waals surface area contributed by atoms with E-state index in [4.69, 9.17) is 11.6 Å². The third-order valence-electron chi connectivity index (χ3n) is 5.30. The number of halogens is 2. The highest BCUT2D eigenvalue weighted by Crippen LogP contribution is 2.23. The maximum Gasteiger partial charge on any atom is 0.272 e. The lowest BCUT2D eigenvalue weighted by Crippen LogP contribution is -2.30. The zero-order valence-corrected chi connectivity index (χ0v) is 22.1. The number of anilines is 2. The molecule has 4 rings (SSSR count). The molecule has 0 atom stereocenters. The van der Waals surface area contributed by atoms with Gasteiger partial charge in [-0.3, -0.25) is 14.4 Å². The van der Waals surface area contributed by atoms with Gasteiger partial charge < -0.3 is 16.0 Å². The minimum Gasteiger partial charge on any atom is -0.325 e. The molecule has 0 aliphatic rings. The van der Waals surface area contributed by atoms with Gasteiger partial charge in [-0.05, 0) is 60.7 Å². The van der Waals surface area contributed by atoms with Gasteiger partial charge in [0.1, 0.15) is 11.5 Å². The van der Waals surface area contributed by atoms with E-state index in [2.05, 4.69) is 16.0 Å². The van der Waals surface area contributed by atoms with Crippen molar-refractivity contribution >= 4 is 58.5 Å². The lowest BCUT2D eigenvalue weighted by atomic mass is 10.1. The second-order valence-corrected chi connectivity index (χ2v) is 9.71. The van der Waals surface area contributed by atoms with Crippen molar-refractivity contribution < 1.29 is 18.8 Å². The van der Waals surface area contributed by atoms with E-state index in [1.54, 1.807) is 84.9 Å². The van der Waals surface area contributed by atoms with Crippen molar-refractivity contribution in [2.45, 2.75) is 4.90 Å². The minimum absolute atomic E-state index is 0.132. The topological polar surface area (TPSA) is 87.3 Å². The lowest BCUT2D eigenvalue weighted by Gasteiger charge is -2.12. The van der Waals surface area contributed by atoms with Gasteiger partial charge in [0.15, 0.2) is 0 Å². The zero-order valence-electron chi connectivity index (χ0n) is 20.5. The summed E-state index contributed by atoms with van der Waals surface area (Å²) in [7, 11) is 0. The average molecular weight is 560 g/mol. The summed E-state index contributed by atoms with van der Waals surface area (Å²) in [5, 5.41) is 8.63. The molecular formula is C30H23ClFN3O3S. The van der Waals surface area contributed by atoms with Crippen LogP contribution in [-0.2, 0) is 9.59 Å². The van der Waals surface area contributed by atoms with E-state index in [0.717, 1.165) is 4.90 Å². The zero-order chi connectivity index (χ0) is 27.6. The minimum atomic E-state index is -0.636. The van der Waals surface area contributed by atoms with Gasteiger partial charge in [0.2, 0.25) is 5.91 Å². The fraction of sp³-hybridized carbons (Fsp3) is 0.0333. The molecule has 4 aromatic rings.